The molecule has 4 nitrogen and oxygen atoms in total. The van der Waals surface area contributed by atoms with E-state index in [0.29, 0.717) is 11.3 Å². The quantitative estimate of drug-likeness (QED) is 0.133. The van der Waals surface area contributed by atoms with Gasteiger partial charge in [0.1, 0.15) is 6.07 Å². The van der Waals surface area contributed by atoms with Crippen LogP contribution < -0.4 is 4.90 Å². The summed E-state index contributed by atoms with van der Waals surface area (Å²) < 4.78 is 0. The van der Waals surface area contributed by atoms with Crippen LogP contribution in [-0.2, 0) is 6.61 Å². The molecular weight excluding hydrogens is 502 g/mol. The van der Waals surface area contributed by atoms with Crippen molar-refractivity contribution < 1.29 is 5.11 Å². The van der Waals surface area contributed by atoms with E-state index in [0.717, 1.165) is 55.3 Å². The summed E-state index contributed by atoms with van der Waals surface area (Å²) in [4.78, 5) is 6.03. The van der Waals surface area contributed by atoms with Crippen LogP contribution in [0.2, 0.25) is 0 Å². The molecule has 41 heavy (non-hydrogen) atoms. The number of para-hydroxylation sites is 1. The summed E-state index contributed by atoms with van der Waals surface area (Å²) in [6, 6.07) is 42.3. The highest BCUT2D eigenvalue weighted by atomic mass is 16.3. The molecule has 0 saturated carbocycles. The third-order valence-electron chi connectivity index (χ3n) is 7.25. The Morgan fingerprint density at radius 1 is 0.659 bits per heavy atom. The van der Waals surface area contributed by atoms with Crippen LogP contribution in [0.15, 0.2) is 121 Å². The predicted octanol–water partition coefficient (Wildman–Crippen LogP) is 9.55. The number of hydrogen-bond acceptors (Lipinski definition) is 3. The maximum Gasteiger partial charge on any atom is 0.202 e. The number of nitrogens with zero attached hydrogens (tertiary/aromatic N) is 3. The Kier molecular flexibility index (Phi) is 6.99. The van der Waals surface area contributed by atoms with Crippen molar-refractivity contribution in [2.45, 2.75) is 6.61 Å². The van der Waals surface area contributed by atoms with Crippen molar-refractivity contribution in [3.63, 3.8) is 0 Å². The van der Waals surface area contributed by atoms with Crippen LogP contribution in [0.1, 0.15) is 22.3 Å². The second-order valence-electron chi connectivity index (χ2n) is 9.72. The molecule has 6 aromatic rings. The summed E-state index contributed by atoms with van der Waals surface area (Å²) in [6.45, 7) is 7.86. The van der Waals surface area contributed by atoms with Gasteiger partial charge in [-0.05, 0) is 74.6 Å². The van der Waals surface area contributed by atoms with Crippen LogP contribution in [0, 0.1) is 17.9 Å². The summed E-state index contributed by atoms with van der Waals surface area (Å²) in [7, 11) is 0. The van der Waals surface area contributed by atoms with E-state index in [-0.39, 0.29) is 6.61 Å². The maximum absolute atomic E-state index is 9.89. The molecule has 194 valence electrons. The maximum atomic E-state index is 9.89. The first kappa shape index (κ1) is 25.6. The van der Waals surface area contributed by atoms with Crippen molar-refractivity contribution in [2.75, 3.05) is 4.90 Å². The highest BCUT2D eigenvalue weighted by Gasteiger charge is 2.14. The first-order valence-electron chi connectivity index (χ1n) is 13.3. The lowest BCUT2D eigenvalue weighted by molar-refractivity contribution is 0.282. The molecule has 0 fully saturated rings. The highest BCUT2D eigenvalue weighted by molar-refractivity contribution is 6.15. The minimum absolute atomic E-state index is 0.0130. The zero-order valence-corrected chi connectivity index (χ0v) is 22.2. The minimum Gasteiger partial charge on any atom is -0.392 e. The molecule has 0 aliphatic carbocycles. The van der Waals surface area contributed by atoms with E-state index in [1.807, 2.05) is 91.0 Å². The van der Waals surface area contributed by atoms with Gasteiger partial charge in [0.15, 0.2) is 0 Å². The summed E-state index contributed by atoms with van der Waals surface area (Å²) in [6.07, 6.45) is 4.09. The number of benzene rings is 6. The van der Waals surface area contributed by atoms with Crippen LogP contribution in [0.4, 0.5) is 22.7 Å². The molecule has 6 rings (SSSR count). The van der Waals surface area contributed by atoms with Gasteiger partial charge >= 0.3 is 0 Å². The molecular formula is C37H25N3O. The molecule has 1 N–H and O–H groups in total. The van der Waals surface area contributed by atoms with Crippen molar-refractivity contribution in [1.29, 1.82) is 5.26 Å². The molecule has 0 heterocycles. The molecule has 6 aromatic carbocycles. The van der Waals surface area contributed by atoms with Gasteiger partial charge in [0, 0.05) is 17.1 Å². The fourth-order valence-electron chi connectivity index (χ4n) is 5.22. The number of fused-ring (bicyclic) bond motifs is 2. The zero-order valence-electron chi connectivity index (χ0n) is 22.2. The molecule has 0 atom stereocenters. The van der Waals surface area contributed by atoms with E-state index in [9.17, 15) is 10.4 Å². The van der Waals surface area contributed by atoms with Crippen LogP contribution in [0.25, 0.3) is 38.5 Å². The number of aliphatic hydroxyl groups is 1. The number of nitriles is 1. The largest absolute Gasteiger partial charge is 0.392 e. The third-order valence-corrected chi connectivity index (χ3v) is 7.25. The summed E-state index contributed by atoms with van der Waals surface area (Å²) >= 11 is 0. The number of aliphatic hydroxyl groups excluding tert-OH is 1. The lowest BCUT2D eigenvalue weighted by Gasteiger charge is -2.25. The van der Waals surface area contributed by atoms with Gasteiger partial charge in [-0.3, -0.25) is 0 Å². The fraction of sp³-hybridized carbons (Fsp3) is 0.0270. The second kappa shape index (κ2) is 11.2. The van der Waals surface area contributed by atoms with E-state index in [4.69, 9.17) is 6.57 Å². The average Bonchev–Trinajstić information content (AvgIpc) is 3.04. The molecule has 0 aromatic heterocycles. The standard InChI is InChI=1S/C37H25N3O/c1-39-37-34-10-6-5-9-32(34)36(24-38)33-22-17-27(23-35(33)37)12-11-26-13-18-30(19-14-26)40(29-7-3-2-4-8-29)31-20-15-28(25-41)16-21-31/h2-23,41H,25H2. The van der Waals surface area contributed by atoms with E-state index in [2.05, 4.69) is 58.3 Å². The van der Waals surface area contributed by atoms with E-state index < -0.39 is 0 Å². The highest BCUT2D eigenvalue weighted by Crippen LogP contribution is 2.39. The average molecular weight is 528 g/mol. The smallest absolute Gasteiger partial charge is 0.202 e. The van der Waals surface area contributed by atoms with E-state index >= 15 is 0 Å². The van der Waals surface area contributed by atoms with Gasteiger partial charge in [-0.25, -0.2) is 4.85 Å². The van der Waals surface area contributed by atoms with Crippen LogP contribution in [-0.4, -0.2) is 5.11 Å². The molecule has 0 saturated heterocycles. The third kappa shape index (κ3) is 4.92. The normalized spacial score (nSPS) is 11.0. The topological polar surface area (TPSA) is 51.6 Å². The Morgan fingerprint density at radius 3 is 1.88 bits per heavy atom. The first-order valence-corrected chi connectivity index (χ1v) is 13.3. The first-order chi connectivity index (χ1) is 20.2. The minimum atomic E-state index is 0.0130. The van der Waals surface area contributed by atoms with Crippen molar-refractivity contribution in [3.8, 4) is 6.07 Å². The Bertz CT molecular complexity index is 1980. The van der Waals surface area contributed by atoms with Gasteiger partial charge in [0.05, 0.1) is 18.7 Å². The van der Waals surface area contributed by atoms with E-state index in [1.54, 1.807) is 0 Å². The van der Waals surface area contributed by atoms with Gasteiger partial charge in [-0.2, -0.15) is 5.26 Å². The summed E-state index contributed by atoms with van der Waals surface area (Å²) in [5.41, 5.74) is 7.12. The molecule has 0 bridgehead atoms. The van der Waals surface area contributed by atoms with Crippen molar-refractivity contribution >= 4 is 56.4 Å². The number of hydrogen-bond donors (Lipinski definition) is 1. The SMILES string of the molecule is [C-]#[N+]c1c2ccccc2c(C#N)c2ccc(C=Cc3ccc(N(c4ccccc4)c4ccc(CO)cc4)cc3)cc12. The van der Waals surface area contributed by atoms with Gasteiger partial charge in [0.2, 0.25) is 5.69 Å². The van der Waals surface area contributed by atoms with Gasteiger partial charge in [-0.15, -0.1) is 0 Å². The number of rotatable bonds is 6. The predicted molar refractivity (Wildman–Crippen MR) is 168 cm³/mol. The van der Waals surface area contributed by atoms with Crippen molar-refractivity contribution in [2.24, 2.45) is 0 Å². The molecule has 0 spiro atoms. The Hall–Kier alpha value is -5.68. The van der Waals surface area contributed by atoms with Crippen molar-refractivity contribution in [1.82, 2.24) is 0 Å². The van der Waals surface area contributed by atoms with Gasteiger partial charge in [0.25, 0.3) is 0 Å². The molecule has 4 heteroatoms. The Labute approximate surface area is 239 Å². The molecule has 0 aliphatic heterocycles. The van der Waals surface area contributed by atoms with Gasteiger partial charge in [-0.1, -0.05) is 97.1 Å². The summed E-state index contributed by atoms with van der Waals surface area (Å²) in [5, 5.41) is 22.6. The fourth-order valence-corrected chi connectivity index (χ4v) is 5.22. The molecule has 0 aliphatic rings. The molecule has 0 radical (unpaired) electrons. The lowest BCUT2D eigenvalue weighted by atomic mass is 9.94. The van der Waals surface area contributed by atoms with E-state index in [1.165, 1.54) is 0 Å². The van der Waals surface area contributed by atoms with Crippen molar-refractivity contribution in [3.05, 3.63) is 155 Å². The Morgan fingerprint density at radius 2 is 1.22 bits per heavy atom. The van der Waals surface area contributed by atoms with Crippen LogP contribution in [0.3, 0.4) is 0 Å². The summed E-state index contributed by atoms with van der Waals surface area (Å²) in [5.74, 6) is 0. The van der Waals surface area contributed by atoms with Crippen LogP contribution >= 0.6 is 0 Å². The van der Waals surface area contributed by atoms with Crippen LogP contribution in [0.5, 0.6) is 0 Å². The molecule has 0 amide bonds. The number of anilines is 3. The zero-order chi connectivity index (χ0) is 28.2. The molecule has 0 unspecified atom stereocenters. The Balaban J connectivity index is 1.34. The lowest BCUT2D eigenvalue weighted by Crippen LogP contribution is -2.09. The second-order valence-corrected chi connectivity index (χ2v) is 9.72. The van der Waals surface area contributed by atoms with Gasteiger partial charge < -0.3 is 10.0 Å². The monoisotopic (exact) mass is 527 g/mol.